The molecule has 6 nitrogen and oxygen atoms in total. The van der Waals surface area contributed by atoms with Gasteiger partial charge in [-0.15, -0.1) is 0 Å². The van der Waals surface area contributed by atoms with E-state index in [2.05, 4.69) is 36.0 Å². The summed E-state index contributed by atoms with van der Waals surface area (Å²) >= 11 is 0. The van der Waals surface area contributed by atoms with Crippen molar-refractivity contribution in [1.29, 1.82) is 0 Å². The molecule has 3 N–H and O–H groups in total. The summed E-state index contributed by atoms with van der Waals surface area (Å²) in [7, 11) is 1.34. The van der Waals surface area contributed by atoms with Crippen molar-refractivity contribution in [2.45, 2.75) is 26.8 Å². The van der Waals surface area contributed by atoms with Crippen LogP contribution in [0, 0.1) is 0 Å². The molecule has 1 atom stereocenters. The number of nitrogens with two attached hydrogens (primary N) is 1. The minimum Gasteiger partial charge on any atom is -0.465 e. The second kappa shape index (κ2) is 7.69. The first kappa shape index (κ1) is 16.2. The van der Waals surface area contributed by atoms with E-state index in [1.165, 1.54) is 13.3 Å². The molecule has 112 valence electrons. The van der Waals surface area contributed by atoms with Crippen molar-refractivity contribution in [3.8, 4) is 0 Å². The summed E-state index contributed by atoms with van der Waals surface area (Å²) < 4.78 is 4.75. The van der Waals surface area contributed by atoms with Gasteiger partial charge < -0.3 is 20.7 Å². The molecule has 1 aromatic rings. The molecule has 0 aliphatic heterocycles. The highest BCUT2D eigenvalue weighted by molar-refractivity contribution is 5.95. The number of methoxy groups -OCH3 is 1. The third kappa shape index (κ3) is 4.38. The second-order valence-corrected chi connectivity index (χ2v) is 4.69. The van der Waals surface area contributed by atoms with Gasteiger partial charge in [0.05, 0.1) is 19.0 Å². The molecule has 0 radical (unpaired) electrons. The number of rotatable bonds is 7. The summed E-state index contributed by atoms with van der Waals surface area (Å²) in [5, 5.41) is 3.24. The van der Waals surface area contributed by atoms with E-state index in [9.17, 15) is 4.79 Å². The lowest BCUT2D eigenvalue weighted by Crippen LogP contribution is -2.35. The van der Waals surface area contributed by atoms with Crippen molar-refractivity contribution in [3.63, 3.8) is 0 Å². The Labute approximate surface area is 120 Å². The summed E-state index contributed by atoms with van der Waals surface area (Å²) in [6, 6.07) is 1.74. The standard InChI is InChI=1S/C14H24N4O2/c1-5-18(6-2)9-10(3)17-13-12(14(19)20-4)7-11(15)8-16-13/h7-8,10H,5-6,9,15H2,1-4H3,(H,16,17). The number of nitrogens with one attached hydrogen (secondary N) is 1. The molecule has 6 heteroatoms. The Bertz CT molecular complexity index is 447. The summed E-state index contributed by atoms with van der Waals surface area (Å²) in [5.74, 6) is 0.0630. The number of carbonyl (C=O) groups excluding carboxylic acids is 1. The second-order valence-electron chi connectivity index (χ2n) is 4.69. The molecule has 0 saturated heterocycles. The molecule has 1 unspecified atom stereocenters. The molecule has 0 amide bonds. The summed E-state index contributed by atoms with van der Waals surface area (Å²) in [5.41, 5.74) is 6.47. The topological polar surface area (TPSA) is 80.5 Å². The highest BCUT2D eigenvalue weighted by atomic mass is 16.5. The Morgan fingerprint density at radius 2 is 2.15 bits per heavy atom. The zero-order chi connectivity index (χ0) is 15.1. The lowest BCUT2D eigenvalue weighted by atomic mass is 10.2. The van der Waals surface area contributed by atoms with E-state index in [0.717, 1.165) is 19.6 Å². The van der Waals surface area contributed by atoms with Gasteiger partial charge in [0, 0.05) is 12.6 Å². The Balaban J connectivity index is 2.83. The van der Waals surface area contributed by atoms with Crippen LogP contribution in [-0.4, -0.2) is 48.6 Å². The molecule has 0 bridgehead atoms. The third-order valence-electron chi connectivity index (χ3n) is 3.12. The number of carbonyl (C=O) groups is 1. The van der Waals surface area contributed by atoms with E-state index < -0.39 is 5.97 Å². The lowest BCUT2D eigenvalue weighted by molar-refractivity contribution is 0.0601. The number of ether oxygens (including phenoxy) is 1. The highest BCUT2D eigenvalue weighted by Gasteiger charge is 2.16. The molecule has 1 aromatic heterocycles. The summed E-state index contributed by atoms with van der Waals surface area (Å²) in [6.07, 6.45) is 1.53. The van der Waals surface area contributed by atoms with Crippen molar-refractivity contribution in [2.75, 3.05) is 37.8 Å². The third-order valence-corrected chi connectivity index (χ3v) is 3.12. The van der Waals surface area contributed by atoms with E-state index in [4.69, 9.17) is 10.5 Å². The Morgan fingerprint density at radius 1 is 1.50 bits per heavy atom. The van der Waals surface area contributed by atoms with Gasteiger partial charge in [0.2, 0.25) is 0 Å². The van der Waals surface area contributed by atoms with Crippen LogP contribution in [0.1, 0.15) is 31.1 Å². The van der Waals surface area contributed by atoms with Crippen molar-refractivity contribution in [1.82, 2.24) is 9.88 Å². The van der Waals surface area contributed by atoms with Crippen LogP contribution in [0.2, 0.25) is 0 Å². The Hall–Kier alpha value is -1.82. The maximum Gasteiger partial charge on any atom is 0.341 e. The minimum atomic E-state index is -0.442. The zero-order valence-electron chi connectivity index (χ0n) is 12.6. The van der Waals surface area contributed by atoms with Gasteiger partial charge >= 0.3 is 5.97 Å². The van der Waals surface area contributed by atoms with Crippen LogP contribution in [0.15, 0.2) is 12.3 Å². The summed E-state index contributed by atoms with van der Waals surface area (Å²) in [6.45, 7) is 9.15. The van der Waals surface area contributed by atoms with Crippen LogP contribution in [0.4, 0.5) is 11.5 Å². The van der Waals surface area contributed by atoms with E-state index in [1.54, 1.807) is 6.07 Å². The van der Waals surface area contributed by atoms with Gasteiger partial charge in [0.25, 0.3) is 0 Å². The first-order valence-electron chi connectivity index (χ1n) is 6.84. The molecule has 20 heavy (non-hydrogen) atoms. The van der Waals surface area contributed by atoms with Gasteiger partial charge in [-0.3, -0.25) is 0 Å². The van der Waals surface area contributed by atoms with E-state index in [0.29, 0.717) is 17.1 Å². The molecular weight excluding hydrogens is 256 g/mol. The molecule has 1 heterocycles. The van der Waals surface area contributed by atoms with E-state index in [1.807, 2.05) is 0 Å². The number of esters is 1. The molecule has 0 fully saturated rings. The van der Waals surface area contributed by atoms with Crippen molar-refractivity contribution in [3.05, 3.63) is 17.8 Å². The van der Waals surface area contributed by atoms with Crippen molar-refractivity contribution in [2.24, 2.45) is 0 Å². The van der Waals surface area contributed by atoms with Gasteiger partial charge in [-0.05, 0) is 26.1 Å². The first-order valence-corrected chi connectivity index (χ1v) is 6.84. The maximum atomic E-state index is 11.7. The van der Waals surface area contributed by atoms with Crippen LogP contribution < -0.4 is 11.1 Å². The predicted octanol–water partition coefficient (Wildman–Crippen LogP) is 1.59. The molecular formula is C14H24N4O2. The number of nitrogen functional groups attached to an aromatic ring is 1. The lowest BCUT2D eigenvalue weighted by Gasteiger charge is -2.24. The number of hydrogen-bond acceptors (Lipinski definition) is 6. The fourth-order valence-electron chi connectivity index (χ4n) is 2.01. The SMILES string of the molecule is CCN(CC)CC(C)Nc1ncc(N)cc1C(=O)OC. The predicted molar refractivity (Wildman–Crippen MR) is 80.9 cm³/mol. The number of hydrogen-bond donors (Lipinski definition) is 2. The number of likely N-dealkylation sites (N-methyl/N-ethyl adjacent to an activating group) is 1. The number of nitrogens with zero attached hydrogens (tertiary/aromatic N) is 2. The van der Waals surface area contributed by atoms with Gasteiger partial charge in [-0.2, -0.15) is 0 Å². The van der Waals surface area contributed by atoms with Crippen LogP contribution in [0.25, 0.3) is 0 Å². The molecule has 0 spiro atoms. The van der Waals surface area contributed by atoms with Crippen molar-refractivity contribution < 1.29 is 9.53 Å². The number of aromatic nitrogens is 1. The Kier molecular flexibility index (Phi) is 6.24. The first-order chi connectivity index (χ1) is 9.51. The number of anilines is 2. The molecule has 0 aliphatic rings. The Morgan fingerprint density at radius 3 is 2.70 bits per heavy atom. The molecule has 1 rings (SSSR count). The quantitative estimate of drug-likeness (QED) is 0.738. The number of pyridine rings is 1. The fraction of sp³-hybridized carbons (Fsp3) is 0.571. The fourth-order valence-corrected chi connectivity index (χ4v) is 2.01. The zero-order valence-corrected chi connectivity index (χ0v) is 12.6. The van der Waals surface area contributed by atoms with Crippen LogP contribution >= 0.6 is 0 Å². The van der Waals surface area contributed by atoms with Gasteiger partial charge in [0.15, 0.2) is 0 Å². The van der Waals surface area contributed by atoms with Crippen LogP contribution in [0.5, 0.6) is 0 Å². The van der Waals surface area contributed by atoms with E-state index in [-0.39, 0.29) is 6.04 Å². The molecule has 0 aromatic carbocycles. The van der Waals surface area contributed by atoms with Gasteiger partial charge in [-0.1, -0.05) is 13.8 Å². The van der Waals surface area contributed by atoms with Crippen LogP contribution in [0.3, 0.4) is 0 Å². The van der Waals surface area contributed by atoms with E-state index >= 15 is 0 Å². The smallest absolute Gasteiger partial charge is 0.341 e. The normalized spacial score (nSPS) is 12.2. The molecule has 0 saturated carbocycles. The summed E-state index contributed by atoms with van der Waals surface area (Å²) in [4.78, 5) is 18.2. The van der Waals surface area contributed by atoms with Gasteiger partial charge in [-0.25, -0.2) is 9.78 Å². The minimum absolute atomic E-state index is 0.162. The monoisotopic (exact) mass is 280 g/mol. The van der Waals surface area contributed by atoms with Crippen molar-refractivity contribution >= 4 is 17.5 Å². The highest BCUT2D eigenvalue weighted by Crippen LogP contribution is 2.17. The largest absolute Gasteiger partial charge is 0.465 e. The average Bonchev–Trinajstić information content (AvgIpc) is 2.45. The average molecular weight is 280 g/mol. The van der Waals surface area contributed by atoms with Crippen LogP contribution in [-0.2, 0) is 4.74 Å². The molecule has 0 aliphatic carbocycles. The maximum absolute atomic E-state index is 11.7. The van der Waals surface area contributed by atoms with Gasteiger partial charge in [0.1, 0.15) is 11.4 Å².